The number of hydrogen-bond acceptors (Lipinski definition) is 5. The number of hydrogen-bond donors (Lipinski definition) is 1. The van der Waals surface area contributed by atoms with Crippen molar-refractivity contribution in [3.8, 4) is 5.69 Å². The van der Waals surface area contributed by atoms with Crippen molar-refractivity contribution in [2.45, 2.75) is 31.7 Å². The first-order valence-corrected chi connectivity index (χ1v) is 9.64. The fraction of sp³-hybridized carbons (Fsp3) is 0.227. The number of aryl methyl sites for hydroxylation is 1. The lowest BCUT2D eigenvalue weighted by molar-refractivity contribution is -0.384. The number of aromatic nitrogens is 2. The summed E-state index contributed by atoms with van der Waals surface area (Å²) in [5.41, 5.74) is 0.0608. The number of nitrogens with zero attached hydrogens (tertiary/aromatic N) is 3. The third-order valence-corrected chi connectivity index (χ3v) is 5.52. The fourth-order valence-corrected chi connectivity index (χ4v) is 3.80. The molecule has 0 saturated heterocycles. The molecule has 1 aliphatic carbocycles. The van der Waals surface area contributed by atoms with Crippen LogP contribution in [0.15, 0.2) is 65.5 Å². The molecule has 30 heavy (non-hydrogen) atoms. The molecule has 0 spiro atoms. The van der Waals surface area contributed by atoms with E-state index >= 15 is 0 Å². The second-order valence-corrected chi connectivity index (χ2v) is 7.41. The highest BCUT2D eigenvalue weighted by molar-refractivity contribution is 5.92. The molecule has 0 atom stereocenters. The summed E-state index contributed by atoms with van der Waals surface area (Å²) in [7, 11) is 0. The van der Waals surface area contributed by atoms with Crippen LogP contribution in [0.4, 0.5) is 5.69 Å². The van der Waals surface area contributed by atoms with Crippen LogP contribution in [0.25, 0.3) is 5.69 Å². The molecule has 8 nitrogen and oxygen atoms in total. The van der Waals surface area contributed by atoms with Gasteiger partial charge in [0.2, 0.25) is 5.43 Å². The lowest BCUT2D eigenvalue weighted by Crippen LogP contribution is -2.52. The van der Waals surface area contributed by atoms with Crippen LogP contribution in [-0.4, -0.2) is 20.6 Å². The number of carbonyl (C=O) groups is 1. The predicted molar refractivity (Wildman–Crippen MR) is 111 cm³/mol. The molecule has 1 heterocycles. The Morgan fingerprint density at radius 2 is 1.80 bits per heavy atom. The molecule has 4 rings (SSSR count). The van der Waals surface area contributed by atoms with Gasteiger partial charge in [-0.1, -0.05) is 42.5 Å². The van der Waals surface area contributed by atoms with E-state index in [1.807, 2.05) is 30.3 Å². The number of nitro groups is 1. The van der Waals surface area contributed by atoms with Crippen molar-refractivity contribution in [3.05, 3.63) is 98.0 Å². The minimum Gasteiger partial charge on any atom is -0.341 e. The van der Waals surface area contributed by atoms with Crippen LogP contribution >= 0.6 is 0 Å². The van der Waals surface area contributed by atoms with E-state index in [0.717, 1.165) is 24.8 Å². The number of amides is 1. The molecule has 3 aromatic rings. The molecule has 2 aromatic carbocycles. The van der Waals surface area contributed by atoms with Crippen LogP contribution in [0.2, 0.25) is 0 Å². The maximum atomic E-state index is 13.0. The number of carbonyl (C=O) groups excluding carboxylic acids is 1. The van der Waals surface area contributed by atoms with Gasteiger partial charge in [0.15, 0.2) is 5.69 Å². The summed E-state index contributed by atoms with van der Waals surface area (Å²) in [4.78, 5) is 36.5. The van der Waals surface area contributed by atoms with Crippen LogP contribution in [0.3, 0.4) is 0 Å². The lowest BCUT2D eigenvalue weighted by Gasteiger charge is -2.43. The smallest absolute Gasteiger partial charge is 0.294 e. The van der Waals surface area contributed by atoms with Crippen molar-refractivity contribution in [1.29, 1.82) is 0 Å². The summed E-state index contributed by atoms with van der Waals surface area (Å²) >= 11 is 0. The zero-order chi connectivity index (χ0) is 21.3. The number of rotatable bonds is 5. The Labute approximate surface area is 172 Å². The number of nitrogens with one attached hydrogen (secondary N) is 1. The summed E-state index contributed by atoms with van der Waals surface area (Å²) in [6.07, 6.45) is 2.51. The third-order valence-electron chi connectivity index (χ3n) is 5.52. The third kappa shape index (κ3) is 3.36. The molecule has 152 valence electrons. The maximum Gasteiger partial charge on any atom is 0.294 e. The largest absolute Gasteiger partial charge is 0.341 e. The molecule has 0 bridgehead atoms. The van der Waals surface area contributed by atoms with Gasteiger partial charge in [-0.05, 0) is 37.8 Å². The molecule has 1 N–H and O–H groups in total. The van der Waals surface area contributed by atoms with Gasteiger partial charge in [-0.25, -0.2) is 4.68 Å². The summed E-state index contributed by atoms with van der Waals surface area (Å²) in [5, 5.41) is 18.6. The fourth-order valence-electron chi connectivity index (χ4n) is 3.80. The van der Waals surface area contributed by atoms with Crippen molar-refractivity contribution in [3.63, 3.8) is 0 Å². The topological polar surface area (TPSA) is 107 Å². The Bertz CT molecular complexity index is 1180. The van der Waals surface area contributed by atoms with E-state index in [2.05, 4.69) is 10.4 Å². The Morgan fingerprint density at radius 3 is 2.43 bits per heavy atom. The van der Waals surface area contributed by atoms with Gasteiger partial charge >= 0.3 is 0 Å². The van der Waals surface area contributed by atoms with E-state index in [4.69, 9.17) is 0 Å². The van der Waals surface area contributed by atoms with Crippen molar-refractivity contribution in [2.24, 2.45) is 0 Å². The zero-order valence-electron chi connectivity index (χ0n) is 16.4. The van der Waals surface area contributed by atoms with E-state index in [1.54, 1.807) is 19.1 Å². The molecule has 1 aromatic heterocycles. The van der Waals surface area contributed by atoms with Gasteiger partial charge in [0.1, 0.15) is 5.69 Å². The standard InChI is InChI=1S/C22H20N4O4/c1-15-14-19(27)20(24-25(15)17-10-5-6-11-18(17)26(29)30)21(28)23-22(12-7-13-22)16-8-3-2-4-9-16/h2-6,8-11,14H,7,12-13H2,1H3,(H,23,28). The molecule has 1 saturated carbocycles. The van der Waals surface area contributed by atoms with E-state index < -0.39 is 21.8 Å². The lowest BCUT2D eigenvalue weighted by atomic mass is 9.71. The van der Waals surface area contributed by atoms with Crippen LogP contribution in [-0.2, 0) is 5.54 Å². The molecule has 1 fully saturated rings. The second kappa shape index (κ2) is 7.55. The Morgan fingerprint density at radius 1 is 1.13 bits per heavy atom. The van der Waals surface area contributed by atoms with Gasteiger partial charge in [-0.3, -0.25) is 19.7 Å². The molecule has 0 unspecified atom stereocenters. The van der Waals surface area contributed by atoms with Crippen molar-refractivity contribution < 1.29 is 9.72 Å². The van der Waals surface area contributed by atoms with Crippen LogP contribution in [0.1, 0.15) is 41.0 Å². The van der Waals surface area contributed by atoms with Crippen LogP contribution in [0, 0.1) is 17.0 Å². The van der Waals surface area contributed by atoms with E-state index in [0.29, 0.717) is 5.69 Å². The first kappa shape index (κ1) is 19.5. The molecule has 8 heteroatoms. The molecule has 1 amide bonds. The first-order valence-electron chi connectivity index (χ1n) is 9.64. The summed E-state index contributed by atoms with van der Waals surface area (Å²) in [5.74, 6) is -0.587. The molecular formula is C22H20N4O4. The number of nitro benzene ring substituents is 1. The van der Waals surface area contributed by atoms with Crippen molar-refractivity contribution >= 4 is 11.6 Å². The zero-order valence-corrected chi connectivity index (χ0v) is 16.4. The maximum absolute atomic E-state index is 13.0. The summed E-state index contributed by atoms with van der Waals surface area (Å²) in [6, 6.07) is 17.0. The van der Waals surface area contributed by atoms with E-state index in [1.165, 1.54) is 22.9 Å². The Kier molecular flexibility index (Phi) is 4.91. The van der Waals surface area contributed by atoms with Gasteiger partial charge in [0.25, 0.3) is 11.6 Å². The molecule has 0 radical (unpaired) electrons. The quantitative estimate of drug-likeness (QED) is 0.519. The number of para-hydroxylation sites is 2. The highest BCUT2D eigenvalue weighted by atomic mass is 16.6. The van der Waals surface area contributed by atoms with Crippen LogP contribution < -0.4 is 10.7 Å². The molecule has 0 aliphatic heterocycles. The van der Waals surface area contributed by atoms with Crippen molar-refractivity contribution in [2.75, 3.05) is 0 Å². The van der Waals surface area contributed by atoms with E-state index in [-0.39, 0.29) is 17.1 Å². The Hall–Kier alpha value is -3.81. The SMILES string of the molecule is Cc1cc(=O)c(C(=O)NC2(c3ccccc3)CCC2)nn1-c1ccccc1[N+](=O)[O-]. The molecule has 1 aliphatic rings. The van der Waals surface area contributed by atoms with Gasteiger partial charge in [-0.2, -0.15) is 5.10 Å². The highest BCUT2D eigenvalue weighted by Gasteiger charge is 2.40. The Balaban J connectivity index is 1.74. The van der Waals surface area contributed by atoms with Gasteiger partial charge in [-0.15, -0.1) is 0 Å². The minimum absolute atomic E-state index is 0.164. The second-order valence-electron chi connectivity index (χ2n) is 7.41. The van der Waals surface area contributed by atoms with Gasteiger partial charge in [0.05, 0.1) is 10.5 Å². The van der Waals surface area contributed by atoms with Gasteiger partial charge < -0.3 is 5.32 Å². The van der Waals surface area contributed by atoms with Gasteiger partial charge in [0, 0.05) is 17.8 Å². The van der Waals surface area contributed by atoms with E-state index in [9.17, 15) is 19.7 Å². The highest BCUT2D eigenvalue weighted by Crippen LogP contribution is 2.41. The first-order chi connectivity index (χ1) is 14.4. The summed E-state index contributed by atoms with van der Waals surface area (Å²) in [6.45, 7) is 1.62. The summed E-state index contributed by atoms with van der Waals surface area (Å²) < 4.78 is 1.27. The average Bonchev–Trinajstić information content (AvgIpc) is 2.71. The van der Waals surface area contributed by atoms with Crippen LogP contribution in [0.5, 0.6) is 0 Å². The molecular weight excluding hydrogens is 384 g/mol. The predicted octanol–water partition coefficient (Wildman–Crippen LogP) is 3.26. The monoisotopic (exact) mass is 404 g/mol. The average molecular weight is 404 g/mol. The number of benzene rings is 2. The minimum atomic E-state index is -0.587. The normalized spacial score (nSPS) is 14.6. The van der Waals surface area contributed by atoms with Crippen molar-refractivity contribution in [1.82, 2.24) is 15.1 Å².